The van der Waals surface area contributed by atoms with E-state index in [1.165, 1.54) is 0 Å². The van der Waals surface area contributed by atoms with Gasteiger partial charge in [0.15, 0.2) is 0 Å². The second-order valence-corrected chi connectivity index (χ2v) is 5.82. The lowest BCUT2D eigenvalue weighted by molar-refractivity contribution is -0.117. The first-order valence-corrected chi connectivity index (χ1v) is 8.24. The zero-order chi connectivity index (χ0) is 18.1. The molecular formula is C22H22N2O. The van der Waals surface area contributed by atoms with Gasteiger partial charge in [-0.1, -0.05) is 24.3 Å². The second-order valence-electron chi connectivity index (χ2n) is 5.82. The van der Waals surface area contributed by atoms with Crippen molar-refractivity contribution >= 4 is 17.3 Å². The van der Waals surface area contributed by atoms with Gasteiger partial charge in [0.05, 0.1) is 0 Å². The van der Waals surface area contributed by atoms with Gasteiger partial charge in [0.1, 0.15) is 0 Å². The Morgan fingerprint density at radius 3 is 1.88 bits per heavy atom. The molecule has 0 saturated carbocycles. The van der Waals surface area contributed by atoms with Crippen LogP contribution >= 0.6 is 0 Å². The van der Waals surface area contributed by atoms with Gasteiger partial charge in [-0.25, -0.2) is 0 Å². The van der Waals surface area contributed by atoms with Crippen LogP contribution < -0.4 is 10.6 Å². The van der Waals surface area contributed by atoms with Crippen molar-refractivity contribution in [2.24, 2.45) is 0 Å². The molecule has 0 aromatic heterocycles. The topological polar surface area (TPSA) is 46.3 Å². The molecule has 3 nitrogen and oxygen atoms in total. The quantitative estimate of drug-likeness (QED) is 0.692. The number of anilines is 2. The van der Waals surface area contributed by atoms with Crippen molar-refractivity contribution in [2.75, 3.05) is 17.2 Å². The number of hydrogen-bond donors (Lipinski definition) is 1. The molecule has 0 unspecified atom stereocenters. The lowest BCUT2D eigenvalue weighted by Crippen LogP contribution is -2.23. The van der Waals surface area contributed by atoms with Crippen molar-refractivity contribution in [1.82, 2.24) is 0 Å². The van der Waals surface area contributed by atoms with Crippen molar-refractivity contribution in [3.63, 3.8) is 0 Å². The molecule has 3 heteroatoms. The summed E-state index contributed by atoms with van der Waals surface area (Å²) in [4.78, 5) is 13.3. The minimum Gasteiger partial charge on any atom is -0.399 e. The standard InChI is InChI=1S/C13H13NO.C9H9N/c1-2-4-11-6-8-12(9-7-11)14-10-3-5-13(14)15;1-2-3-8-4-6-9(10)7-5-8/h1,6-9H,3-5,10H2;1,4-7H,3,10H2. The normalized spacial score (nSPS) is 12.7. The molecule has 1 aliphatic rings. The smallest absolute Gasteiger partial charge is 0.227 e. The lowest BCUT2D eigenvalue weighted by atomic mass is 10.1. The molecule has 0 aliphatic carbocycles. The van der Waals surface area contributed by atoms with Gasteiger partial charge in [-0.3, -0.25) is 4.79 Å². The summed E-state index contributed by atoms with van der Waals surface area (Å²) in [6.07, 6.45) is 13.3. The van der Waals surface area contributed by atoms with Crippen LogP contribution in [0.1, 0.15) is 24.0 Å². The highest BCUT2D eigenvalue weighted by Gasteiger charge is 2.21. The zero-order valence-corrected chi connectivity index (χ0v) is 14.2. The molecule has 2 aromatic carbocycles. The number of nitrogen functional groups attached to an aromatic ring is 1. The number of terminal acetylenes is 2. The SMILES string of the molecule is C#CCc1ccc(N)cc1.C#CCc1ccc(N2CCCC2=O)cc1. The van der Waals surface area contributed by atoms with E-state index in [9.17, 15) is 4.79 Å². The minimum atomic E-state index is 0.222. The average Bonchev–Trinajstić information content (AvgIpc) is 3.05. The summed E-state index contributed by atoms with van der Waals surface area (Å²) in [7, 11) is 0. The molecule has 1 amide bonds. The Bertz CT molecular complexity index is 777. The van der Waals surface area contributed by atoms with E-state index >= 15 is 0 Å². The van der Waals surface area contributed by atoms with Gasteiger partial charge in [0.2, 0.25) is 5.91 Å². The lowest BCUT2D eigenvalue weighted by Gasteiger charge is -2.15. The van der Waals surface area contributed by atoms with Crippen LogP contribution in [0.4, 0.5) is 11.4 Å². The number of rotatable bonds is 3. The van der Waals surface area contributed by atoms with Crippen molar-refractivity contribution in [3.05, 3.63) is 59.7 Å². The molecule has 0 spiro atoms. The molecule has 3 rings (SSSR count). The molecule has 2 aromatic rings. The molecule has 2 N–H and O–H groups in total. The largest absolute Gasteiger partial charge is 0.399 e. The number of hydrogen-bond acceptors (Lipinski definition) is 2. The highest BCUT2D eigenvalue weighted by Crippen LogP contribution is 2.21. The third-order valence-electron chi connectivity index (χ3n) is 3.91. The number of nitrogens with zero attached hydrogens (tertiary/aromatic N) is 1. The molecular weight excluding hydrogens is 308 g/mol. The molecule has 1 aliphatic heterocycles. The highest BCUT2D eigenvalue weighted by atomic mass is 16.2. The van der Waals surface area contributed by atoms with Crippen LogP contribution in [0.5, 0.6) is 0 Å². The van der Waals surface area contributed by atoms with Crippen LogP contribution in [-0.2, 0) is 17.6 Å². The van der Waals surface area contributed by atoms with Crippen LogP contribution in [0.25, 0.3) is 0 Å². The van der Waals surface area contributed by atoms with Gasteiger partial charge in [-0.2, -0.15) is 0 Å². The van der Waals surface area contributed by atoms with Gasteiger partial charge in [0.25, 0.3) is 0 Å². The highest BCUT2D eigenvalue weighted by molar-refractivity contribution is 5.95. The average molecular weight is 330 g/mol. The van der Waals surface area contributed by atoms with E-state index in [-0.39, 0.29) is 5.91 Å². The van der Waals surface area contributed by atoms with Gasteiger partial charge >= 0.3 is 0 Å². The third kappa shape index (κ3) is 5.44. The molecule has 0 radical (unpaired) electrons. The molecule has 0 atom stereocenters. The van der Waals surface area contributed by atoms with Crippen LogP contribution in [-0.4, -0.2) is 12.5 Å². The number of nitrogens with two attached hydrogens (primary N) is 1. The van der Waals surface area contributed by atoms with Gasteiger partial charge in [-0.05, 0) is 41.8 Å². The Balaban J connectivity index is 0.000000196. The minimum absolute atomic E-state index is 0.222. The van der Waals surface area contributed by atoms with Gasteiger partial charge in [-0.15, -0.1) is 24.7 Å². The van der Waals surface area contributed by atoms with E-state index in [0.29, 0.717) is 19.3 Å². The predicted molar refractivity (Wildman–Crippen MR) is 104 cm³/mol. The Morgan fingerprint density at radius 1 is 0.920 bits per heavy atom. The maximum atomic E-state index is 11.5. The third-order valence-corrected chi connectivity index (χ3v) is 3.91. The zero-order valence-electron chi connectivity index (χ0n) is 14.2. The molecule has 0 bridgehead atoms. The fourth-order valence-electron chi connectivity index (χ4n) is 2.59. The summed E-state index contributed by atoms with van der Waals surface area (Å²) in [6, 6.07) is 15.5. The Labute approximate surface area is 149 Å². The molecule has 1 fully saturated rings. The van der Waals surface area contributed by atoms with Crippen LogP contribution in [0, 0.1) is 24.7 Å². The molecule has 1 heterocycles. The van der Waals surface area contributed by atoms with Gasteiger partial charge < -0.3 is 10.6 Å². The summed E-state index contributed by atoms with van der Waals surface area (Å²) >= 11 is 0. The number of amides is 1. The van der Waals surface area contributed by atoms with Crippen molar-refractivity contribution in [2.45, 2.75) is 25.7 Å². The summed E-state index contributed by atoms with van der Waals surface area (Å²) in [6.45, 7) is 0.841. The van der Waals surface area contributed by atoms with Gasteiger partial charge in [0, 0.05) is 37.2 Å². The van der Waals surface area contributed by atoms with Crippen LogP contribution in [0.2, 0.25) is 0 Å². The first kappa shape index (κ1) is 18.2. The van der Waals surface area contributed by atoms with E-state index in [1.807, 2.05) is 53.4 Å². The Kier molecular flexibility index (Phi) is 6.69. The maximum Gasteiger partial charge on any atom is 0.227 e. The molecule has 25 heavy (non-hydrogen) atoms. The number of carbonyl (C=O) groups is 1. The molecule has 126 valence electrons. The monoisotopic (exact) mass is 330 g/mol. The van der Waals surface area contributed by atoms with E-state index in [2.05, 4.69) is 11.8 Å². The maximum absolute atomic E-state index is 11.5. The first-order valence-electron chi connectivity index (χ1n) is 8.24. The first-order chi connectivity index (χ1) is 12.1. The van der Waals surface area contributed by atoms with E-state index in [1.54, 1.807) is 0 Å². The molecule has 1 saturated heterocycles. The van der Waals surface area contributed by atoms with Crippen molar-refractivity contribution in [3.8, 4) is 24.7 Å². The van der Waals surface area contributed by atoms with Crippen LogP contribution in [0.3, 0.4) is 0 Å². The number of benzene rings is 2. The fourth-order valence-corrected chi connectivity index (χ4v) is 2.59. The summed E-state index contributed by atoms with van der Waals surface area (Å²) in [5.41, 5.74) is 9.49. The van der Waals surface area contributed by atoms with E-state index < -0.39 is 0 Å². The fraction of sp³-hybridized carbons (Fsp3) is 0.227. The second kappa shape index (κ2) is 9.21. The number of carbonyl (C=O) groups excluding carboxylic acids is 1. The Morgan fingerprint density at radius 2 is 1.44 bits per heavy atom. The van der Waals surface area contributed by atoms with Crippen molar-refractivity contribution < 1.29 is 4.79 Å². The van der Waals surface area contributed by atoms with E-state index in [4.69, 9.17) is 18.6 Å². The summed E-state index contributed by atoms with van der Waals surface area (Å²) in [5.74, 6) is 5.39. The van der Waals surface area contributed by atoms with Crippen LogP contribution in [0.15, 0.2) is 48.5 Å². The summed E-state index contributed by atoms with van der Waals surface area (Å²) in [5, 5.41) is 0. The predicted octanol–water partition coefficient (Wildman–Crippen LogP) is 3.43. The Hall–Kier alpha value is -3.17. The summed E-state index contributed by atoms with van der Waals surface area (Å²) < 4.78 is 0. The van der Waals surface area contributed by atoms with Crippen molar-refractivity contribution in [1.29, 1.82) is 0 Å². The van der Waals surface area contributed by atoms with E-state index in [0.717, 1.165) is 35.5 Å².